The van der Waals surface area contributed by atoms with Crippen LogP contribution in [0.3, 0.4) is 0 Å². The normalized spacial score (nSPS) is 10.5. The number of hydrogen-bond donors (Lipinski definition) is 2. The van der Waals surface area contributed by atoms with Gasteiger partial charge in [0.1, 0.15) is 4.99 Å². The van der Waals surface area contributed by atoms with Crippen molar-refractivity contribution in [2.75, 3.05) is 5.32 Å². The van der Waals surface area contributed by atoms with Crippen LogP contribution in [0.2, 0.25) is 0 Å². The molecule has 0 atom stereocenters. The summed E-state index contributed by atoms with van der Waals surface area (Å²) in [5.41, 5.74) is 11.6. The fraction of sp³-hybridized carbons (Fsp3) is 0.250. The van der Waals surface area contributed by atoms with E-state index >= 15 is 0 Å². The van der Waals surface area contributed by atoms with Crippen molar-refractivity contribution in [3.05, 3.63) is 51.3 Å². The van der Waals surface area contributed by atoms with Crippen molar-refractivity contribution in [3.8, 4) is 0 Å². The molecule has 2 rings (SSSR count). The summed E-state index contributed by atoms with van der Waals surface area (Å²) in [5, 5.41) is 3.45. The Kier molecular flexibility index (Phi) is 4.96. The van der Waals surface area contributed by atoms with Crippen molar-refractivity contribution in [1.82, 2.24) is 4.98 Å². The molecule has 0 fully saturated rings. The van der Waals surface area contributed by atoms with Gasteiger partial charge < -0.3 is 11.1 Å². The molecule has 0 amide bonds. The van der Waals surface area contributed by atoms with E-state index in [0.29, 0.717) is 4.99 Å². The van der Waals surface area contributed by atoms with Crippen LogP contribution in [-0.2, 0) is 6.42 Å². The fourth-order valence-corrected chi connectivity index (χ4v) is 3.03. The van der Waals surface area contributed by atoms with E-state index in [2.05, 4.69) is 45.3 Å². The first-order chi connectivity index (χ1) is 9.92. The summed E-state index contributed by atoms with van der Waals surface area (Å²) in [6.45, 7) is 6.02. The molecule has 0 radical (unpaired) electrons. The average molecular weight is 364 g/mol. The molecule has 0 saturated carbocycles. The molecular weight excluding hydrogens is 346 g/mol. The van der Waals surface area contributed by atoms with Crippen LogP contribution in [0.15, 0.2) is 28.7 Å². The van der Waals surface area contributed by atoms with Crippen molar-refractivity contribution < 1.29 is 0 Å². The molecule has 1 aromatic carbocycles. The van der Waals surface area contributed by atoms with Gasteiger partial charge >= 0.3 is 0 Å². The molecule has 1 heterocycles. The average Bonchev–Trinajstić information content (AvgIpc) is 2.39. The number of rotatable bonds is 4. The topological polar surface area (TPSA) is 50.9 Å². The second-order valence-electron chi connectivity index (χ2n) is 4.92. The minimum Gasteiger partial charge on any atom is -0.389 e. The molecule has 0 saturated heterocycles. The number of nitrogens with two attached hydrogens (primary N) is 1. The van der Waals surface area contributed by atoms with Crippen LogP contribution in [0.25, 0.3) is 0 Å². The molecule has 2 aromatic rings. The molecule has 110 valence electrons. The molecular formula is C16H18BrN3S. The summed E-state index contributed by atoms with van der Waals surface area (Å²) in [6, 6.07) is 8.16. The fourth-order valence-electron chi connectivity index (χ4n) is 2.36. The highest BCUT2D eigenvalue weighted by molar-refractivity contribution is 9.10. The van der Waals surface area contributed by atoms with Crippen molar-refractivity contribution in [3.63, 3.8) is 0 Å². The predicted molar refractivity (Wildman–Crippen MR) is 96.4 cm³/mol. The summed E-state index contributed by atoms with van der Waals surface area (Å²) in [7, 11) is 0. The first-order valence-corrected chi connectivity index (χ1v) is 7.96. The van der Waals surface area contributed by atoms with Gasteiger partial charge in [-0.05, 0) is 50.1 Å². The lowest BCUT2D eigenvalue weighted by Gasteiger charge is -2.16. The molecule has 3 nitrogen and oxygen atoms in total. The number of nitrogens with zero attached hydrogens (tertiary/aromatic N) is 1. The zero-order valence-corrected chi connectivity index (χ0v) is 14.7. The van der Waals surface area contributed by atoms with Gasteiger partial charge in [-0.15, -0.1) is 0 Å². The van der Waals surface area contributed by atoms with Gasteiger partial charge in [-0.1, -0.05) is 35.1 Å². The molecule has 5 heteroatoms. The van der Waals surface area contributed by atoms with Gasteiger partial charge in [0.2, 0.25) is 0 Å². The third-order valence-electron chi connectivity index (χ3n) is 3.29. The number of hydrogen-bond acceptors (Lipinski definition) is 3. The highest BCUT2D eigenvalue weighted by Crippen LogP contribution is 2.28. The Morgan fingerprint density at radius 2 is 2.00 bits per heavy atom. The van der Waals surface area contributed by atoms with Crippen molar-refractivity contribution in [2.45, 2.75) is 27.2 Å². The molecule has 1 aromatic heterocycles. The maximum atomic E-state index is 5.86. The lowest BCUT2D eigenvalue weighted by molar-refractivity contribution is 1.11. The van der Waals surface area contributed by atoms with Crippen LogP contribution >= 0.6 is 28.1 Å². The lowest BCUT2D eigenvalue weighted by Crippen LogP contribution is -2.15. The smallest absolute Gasteiger partial charge is 0.107 e. The number of benzene rings is 1. The van der Waals surface area contributed by atoms with Crippen LogP contribution < -0.4 is 11.1 Å². The van der Waals surface area contributed by atoms with E-state index in [1.54, 1.807) is 0 Å². The van der Waals surface area contributed by atoms with E-state index in [-0.39, 0.29) is 0 Å². The Morgan fingerprint density at radius 3 is 2.62 bits per heavy atom. The summed E-state index contributed by atoms with van der Waals surface area (Å²) in [4.78, 5) is 4.80. The van der Waals surface area contributed by atoms with Crippen LogP contribution in [0.1, 0.15) is 29.4 Å². The largest absolute Gasteiger partial charge is 0.389 e. The second-order valence-corrected chi connectivity index (χ2v) is 6.27. The Bertz CT molecular complexity index is 698. The molecule has 0 aliphatic rings. The number of thiocarbonyl (C=S) groups is 1. The first kappa shape index (κ1) is 15.9. The number of nitrogens with one attached hydrogen (secondary N) is 1. The van der Waals surface area contributed by atoms with E-state index in [4.69, 9.17) is 18.0 Å². The zero-order valence-electron chi connectivity index (χ0n) is 12.3. The number of aromatic nitrogens is 1. The van der Waals surface area contributed by atoms with E-state index in [0.717, 1.165) is 39.2 Å². The van der Waals surface area contributed by atoms with E-state index in [1.165, 1.54) is 5.56 Å². The Morgan fingerprint density at radius 1 is 1.29 bits per heavy atom. The zero-order chi connectivity index (χ0) is 15.6. The number of aryl methyl sites for hydroxylation is 3. The van der Waals surface area contributed by atoms with Gasteiger partial charge in [0.05, 0.1) is 11.3 Å². The predicted octanol–water partition coefficient (Wildman–Crippen LogP) is 4.40. The monoisotopic (exact) mass is 363 g/mol. The van der Waals surface area contributed by atoms with Crippen molar-refractivity contribution >= 4 is 44.5 Å². The Hall–Kier alpha value is -1.46. The van der Waals surface area contributed by atoms with Crippen LogP contribution in [-0.4, -0.2) is 9.97 Å². The molecule has 0 aliphatic carbocycles. The summed E-state index contributed by atoms with van der Waals surface area (Å²) < 4.78 is 1.07. The molecule has 0 bridgehead atoms. The Balaban J connectivity index is 2.51. The van der Waals surface area contributed by atoms with E-state index < -0.39 is 0 Å². The first-order valence-electron chi connectivity index (χ1n) is 6.76. The maximum Gasteiger partial charge on any atom is 0.107 e. The highest BCUT2D eigenvalue weighted by Gasteiger charge is 2.12. The summed E-state index contributed by atoms with van der Waals surface area (Å²) in [5.74, 6) is 0. The lowest BCUT2D eigenvalue weighted by atomic mass is 10.1. The van der Waals surface area contributed by atoms with Gasteiger partial charge in [0.25, 0.3) is 0 Å². The van der Waals surface area contributed by atoms with Crippen LogP contribution in [0.4, 0.5) is 11.4 Å². The highest BCUT2D eigenvalue weighted by atomic mass is 79.9. The standard InChI is InChI=1S/C16H18BrN3S/c1-4-11-8-12(17)5-6-13(11)20-14-7-9(2)19-10(3)15(14)16(18)21/h5-8H,4H2,1-3H3,(H2,18,21)(H,19,20). The quantitative estimate of drug-likeness (QED) is 0.790. The van der Waals surface area contributed by atoms with Crippen LogP contribution in [0, 0.1) is 13.8 Å². The SMILES string of the molecule is CCc1cc(Br)ccc1Nc1cc(C)nc(C)c1C(N)=S. The minimum absolute atomic E-state index is 0.359. The minimum atomic E-state index is 0.359. The van der Waals surface area contributed by atoms with Crippen LogP contribution in [0.5, 0.6) is 0 Å². The van der Waals surface area contributed by atoms with Gasteiger partial charge in [0, 0.05) is 21.5 Å². The van der Waals surface area contributed by atoms with Gasteiger partial charge in [0.15, 0.2) is 0 Å². The number of anilines is 2. The molecule has 0 spiro atoms. The van der Waals surface area contributed by atoms with Gasteiger partial charge in [-0.3, -0.25) is 4.98 Å². The number of halogens is 1. The van der Waals surface area contributed by atoms with Gasteiger partial charge in [-0.2, -0.15) is 0 Å². The molecule has 3 N–H and O–H groups in total. The summed E-state index contributed by atoms with van der Waals surface area (Å²) in [6.07, 6.45) is 0.938. The van der Waals surface area contributed by atoms with E-state index in [9.17, 15) is 0 Å². The van der Waals surface area contributed by atoms with Crippen molar-refractivity contribution in [1.29, 1.82) is 0 Å². The number of pyridine rings is 1. The Labute approximate surface area is 139 Å². The van der Waals surface area contributed by atoms with Crippen molar-refractivity contribution in [2.24, 2.45) is 5.73 Å². The molecule has 21 heavy (non-hydrogen) atoms. The third kappa shape index (κ3) is 3.60. The summed E-state index contributed by atoms with van der Waals surface area (Å²) >= 11 is 8.67. The van der Waals surface area contributed by atoms with Gasteiger partial charge in [-0.25, -0.2) is 0 Å². The third-order valence-corrected chi connectivity index (χ3v) is 3.99. The second kappa shape index (κ2) is 6.54. The molecule has 0 unspecified atom stereocenters. The van der Waals surface area contributed by atoms with E-state index in [1.807, 2.05) is 26.0 Å². The maximum absolute atomic E-state index is 5.86. The molecule has 0 aliphatic heterocycles.